The lowest BCUT2D eigenvalue weighted by Gasteiger charge is -2.33. The number of carbonyl (C=O) groups is 2. The molecule has 4 aromatic rings. The SMILES string of the molecule is NC(=O)C(=CC1CC1)C(=O)N1CCC[C@@H](n2nc(-c3ccc(Oc4c(F)cccc4F)cc3)c3c(N)ncnc32)C1. The average Bonchev–Trinajstić information content (AvgIpc) is 3.71. The van der Waals surface area contributed by atoms with Crippen molar-refractivity contribution in [1.82, 2.24) is 24.6 Å². The summed E-state index contributed by atoms with van der Waals surface area (Å²) in [5, 5.41) is 5.39. The minimum Gasteiger partial charge on any atom is -0.451 e. The van der Waals surface area contributed by atoms with E-state index in [2.05, 4.69) is 9.97 Å². The maximum atomic E-state index is 14.0. The Hall–Kier alpha value is -4.87. The fourth-order valence-corrected chi connectivity index (χ4v) is 5.10. The third kappa shape index (κ3) is 5.20. The number of piperidine rings is 1. The number of benzene rings is 2. The lowest BCUT2D eigenvalue weighted by atomic mass is 10.0. The van der Waals surface area contributed by atoms with Crippen molar-refractivity contribution in [1.29, 1.82) is 0 Å². The molecule has 2 aliphatic rings. The predicted molar refractivity (Wildman–Crippen MR) is 146 cm³/mol. The predicted octanol–water partition coefficient (Wildman–Crippen LogP) is 4.13. The summed E-state index contributed by atoms with van der Waals surface area (Å²) in [5.74, 6) is -2.51. The highest BCUT2D eigenvalue weighted by atomic mass is 19.1. The van der Waals surface area contributed by atoms with Gasteiger partial charge in [0.1, 0.15) is 29.2 Å². The summed E-state index contributed by atoms with van der Waals surface area (Å²) in [6.07, 6.45) is 6.36. The van der Waals surface area contributed by atoms with Gasteiger partial charge in [0.15, 0.2) is 23.0 Å². The Morgan fingerprint density at radius 3 is 2.44 bits per heavy atom. The van der Waals surface area contributed by atoms with Crippen LogP contribution in [0.25, 0.3) is 22.3 Å². The lowest BCUT2D eigenvalue weighted by molar-refractivity contribution is -0.131. The van der Waals surface area contributed by atoms with Gasteiger partial charge in [-0.05, 0) is 68.0 Å². The molecule has 0 spiro atoms. The molecule has 0 unspecified atom stereocenters. The van der Waals surface area contributed by atoms with E-state index >= 15 is 0 Å². The number of para-hydroxylation sites is 1. The van der Waals surface area contributed by atoms with Gasteiger partial charge in [-0.1, -0.05) is 12.1 Å². The van der Waals surface area contributed by atoms with Crippen molar-refractivity contribution in [3.63, 3.8) is 0 Å². The first kappa shape index (κ1) is 26.4. The quantitative estimate of drug-likeness (QED) is 0.197. The van der Waals surface area contributed by atoms with Gasteiger partial charge >= 0.3 is 0 Å². The number of ether oxygens (including phenoxy) is 1. The van der Waals surface area contributed by atoms with E-state index in [4.69, 9.17) is 21.3 Å². The summed E-state index contributed by atoms with van der Waals surface area (Å²) in [4.78, 5) is 35.5. The van der Waals surface area contributed by atoms with Crippen LogP contribution >= 0.6 is 0 Å². The molecule has 0 bridgehead atoms. The van der Waals surface area contributed by atoms with Gasteiger partial charge in [-0.15, -0.1) is 0 Å². The number of fused-ring (bicyclic) bond motifs is 1. The Kier molecular flexibility index (Phi) is 6.82. The van der Waals surface area contributed by atoms with Gasteiger partial charge in [-0.2, -0.15) is 5.10 Å². The highest BCUT2D eigenvalue weighted by Gasteiger charge is 2.32. The zero-order valence-corrected chi connectivity index (χ0v) is 22.0. The summed E-state index contributed by atoms with van der Waals surface area (Å²) in [7, 11) is 0. The molecule has 1 aliphatic heterocycles. The Balaban J connectivity index is 1.30. The minimum absolute atomic E-state index is 0.0308. The first-order valence-corrected chi connectivity index (χ1v) is 13.3. The molecule has 1 saturated heterocycles. The normalized spacial score (nSPS) is 17.6. The van der Waals surface area contributed by atoms with Crippen molar-refractivity contribution in [2.45, 2.75) is 31.7 Å². The summed E-state index contributed by atoms with van der Waals surface area (Å²) in [6, 6.07) is 9.81. The van der Waals surface area contributed by atoms with E-state index in [0.29, 0.717) is 41.8 Å². The second-order valence-corrected chi connectivity index (χ2v) is 10.3. The number of nitrogens with two attached hydrogens (primary N) is 2. The molecule has 41 heavy (non-hydrogen) atoms. The van der Waals surface area contributed by atoms with Crippen LogP contribution in [-0.2, 0) is 9.59 Å². The average molecular weight is 560 g/mol. The van der Waals surface area contributed by atoms with Gasteiger partial charge in [0.2, 0.25) is 0 Å². The number of likely N-dealkylation sites (tertiary alicyclic amines) is 1. The maximum Gasteiger partial charge on any atom is 0.259 e. The second kappa shape index (κ2) is 10.6. The van der Waals surface area contributed by atoms with Gasteiger partial charge in [0, 0.05) is 18.7 Å². The smallest absolute Gasteiger partial charge is 0.259 e. The molecule has 1 aliphatic carbocycles. The lowest BCUT2D eigenvalue weighted by Crippen LogP contribution is -2.43. The summed E-state index contributed by atoms with van der Waals surface area (Å²) >= 11 is 0. The van der Waals surface area contributed by atoms with Crippen LogP contribution in [0.5, 0.6) is 11.5 Å². The standard InChI is InChI=1S/C29H27F2N7O3/c30-21-4-1-5-22(31)25(21)41-19-10-8-17(9-11-19)24-23-26(32)34-15-35-28(23)38(36-24)18-3-2-12-37(14-18)29(40)20(27(33)39)13-16-6-7-16/h1,4-5,8-11,13,15-16,18H,2-3,6-7,12,14H2,(H2,33,39)(H2,32,34,35)/t18-/m1/s1. The zero-order valence-electron chi connectivity index (χ0n) is 22.0. The maximum absolute atomic E-state index is 14.0. The number of amides is 2. The zero-order chi connectivity index (χ0) is 28.7. The number of carbonyl (C=O) groups excluding carboxylic acids is 2. The number of halogens is 2. The minimum atomic E-state index is -0.810. The molecular weight excluding hydrogens is 532 g/mol. The Morgan fingerprint density at radius 2 is 1.76 bits per heavy atom. The van der Waals surface area contributed by atoms with Gasteiger partial charge in [0.25, 0.3) is 11.8 Å². The number of anilines is 1. The molecule has 1 atom stereocenters. The van der Waals surface area contributed by atoms with E-state index < -0.39 is 23.3 Å². The highest BCUT2D eigenvalue weighted by molar-refractivity contribution is 6.17. The van der Waals surface area contributed by atoms with Gasteiger partial charge in [-0.25, -0.2) is 23.4 Å². The molecule has 10 nitrogen and oxygen atoms in total. The van der Waals surface area contributed by atoms with Crippen molar-refractivity contribution < 1.29 is 23.1 Å². The number of rotatable bonds is 7. The van der Waals surface area contributed by atoms with Crippen LogP contribution < -0.4 is 16.2 Å². The van der Waals surface area contributed by atoms with Crippen molar-refractivity contribution in [3.8, 4) is 22.8 Å². The molecule has 2 amide bonds. The first-order chi connectivity index (χ1) is 19.8. The topological polar surface area (TPSA) is 142 Å². The fraction of sp³-hybridized carbons (Fsp3) is 0.276. The summed E-state index contributed by atoms with van der Waals surface area (Å²) < 4.78 is 35.3. The largest absolute Gasteiger partial charge is 0.451 e. The molecule has 2 aromatic carbocycles. The number of nitrogen functional groups attached to an aromatic ring is 1. The summed E-state index contributed by atoms with van der Waals surface area (Å²) in [5.41, 5.74) is 13.5. The molecule has 12 heteroatoms. The van der Waals surface area contributed by atoms with Crippen molar-refractivity contribution in [2.24, 2.45) is 11.7 Å². The Morgan fingerprint density at radius 1 is 1.02 bits per heavy atom. The van der Waals surface area contributed by atoms with Gasteiger partial charge < -0.3 is 21.1 Å². The van der Waals surface area contributed by atoms with Crippen molar-refractivity contribution in [2.75, 3.05) is 18.8 Å². The number of nitrogens with zero attached hydrogens (tertiary/aromatic N) is 5. The number of hydrogen-bond acceptors (Lipinski definition) is 7. The van der Waals surface area contributed by atoms with Crippen LogP contribution in [0, 0.1) is 17.6 Å². The molecule has 1 saturated carbocycles. The fourth-order valence-electron chi connectivity index (χ4n) is 5.10. The van der Waals surface area contributed by atoms with E-state index in [1.165, 1.54) is 12.4 Å². The summed E-state index contributed by atoms with van der Waals surface area (Å²) in [6.45, 7) is 0.813. The Labute approximate surface area is 233 Å². The molecule has 2 aromatic heterocycles. The molecule has 3 heterocycles. The third-order valence-corrected chi connectivity index (χ3v) is 7.33. The molecule has 210 valence electrons. The number of allylic oxidation sites excluding steroid dienone is 1. The number of primary amides is 1. The van der Waals surface area contributed by atoms with Crippen LogP contribution in [0.15, 0.2) is 60.4 Å². The van der Waals surface area contributed by atoms with E-state index in [1.54, 1.807) is 39.9 Å². The Bertz CT molecular complexity index is 1660. The highest BCUT2D eigenvalue weighted by Crippen LogP contribution is 2.36. The van der Waals surface area contributed by atoms with Crippen LogP contribution in [0.2, 0.25) is 0 Å². The van der Waals surface area contributed by atoms with E-state index in [-0.39, 0.29) is 35.0 Å². The van der Waals surface area contributed by atoms with Crippen LogP contribution in [0.1, 0.15) is 31.7 Å². The van der Waals surface area contributed by atoms with E-state index in [9.17, 15) is 18.4 Å². The monoisotopic (exact) mass is 559 g/mol. The van der Waals surface area contributed by atoms with Crippen LogP contribution in [-0.4, -0.2) is 49.6 Å². The van der Waals surface area contributed by atoms with E-state index in [0.717, 1.165) is 31.4 Å². The van der Waals surface area contributed by atoms with Crippen molar-refractivity contribution in [3.05, 3.63) is 72.1 Å². The first-order valence-electron chi connectivity index (χ1n) is 13.3. The van der Waals surface area contributed by atoms with Gasteiger partial charge in [-0.3, -0.25) is 9.59 Å². The van der Waals surface area contributed by atoms with Crippen LogP contribution in [0.3, 0.4) is 0 Å². The molecule has 2 fully saturated rings. The second-order valence-electron chi connectivity index (χ2n) is 10.3. The molecular formula is C29H27F2N7O3. The molecule has 4 N–H and O–H groups in total. The van der Waals surface area contributed by atoms with Crippen molar-refractivity contribution >= 4 is 28.7 Å². The number of hydrogen-bond donors (Lipinski definition) is 2. The molecule has 6 rings (SSSR count). The number of aromatic nitrogens is 4. The third-order valence-electron chi connectivity index (χ3n) is 7.33. The van der Waals surface area contributed by atoms with Crippen LogP contribution in [0.4, 0.5) is 14.6 Å². The van der Waals surface area contributed by atoms with E-state index in [1.807, 2.05) is 0 Å². The molecule has 0 radical (unpaired) electrons. The van der Waals surface area contributed by atoms with Gasteiger partial charge in [0.05, 0.1) is 11.4 Å².